The van der Waals surface area contributed by atoms with Crippen LogP contribution in [0.3, 0.4) is 0 Å². The van der Waals surface area contributed by atoms with Gasteiger partial charge in [0.1, 0.15) is 65.2 Å². The average molecular weight is 1430 g/mol. The summed E-state index contributed by atoms with van der Waals surface area (Å²) in [6, 6.07) is 13.0. The topological polar surface area (TPSA) is 324 Å². The number of ketones is 1. The van der Waals surface area contributed by atoms with Crippen LogP contribution < -0.4 is 65.5 Å². The number of aliphatic hydroxyl groups excluding tert-OH is 1. The molecule has 3 fully saturated rings. The first kappa shape index (κ1) is 70.7. The number of anilines is 9. The molecule has 0 aromatic carbocycles. The Morgan fingerprint density at radius 2 is 1.15 bits per heavy atom. The number of alkyl halides is 9. The van der Waals surface area contributed by atoms with Crippen molar-refractivity contribution in [1.29, 1.82) is 0 Å². The highest BCUT2D eigenvalue weighted by Crippen LogP contribution is 2.43. The number of carbonyl (C=O) groups is 6. The minimum absolute atomic E-state index is 0.0799. The number of aryl methyl sites for hydroxylation is 1. The molecule has 0 radical (unpaired) electrons. The van der Waals surface area contributed by atoms with Crippen LogP contribution in [0.25, 0.3) is 11.3 Å². The number of carbonyl (C=O) groups excluding carboxylic acids is 6. The highest BCUT2D eigenvalue weighted by Gasteiger charge is 2.45. The first-order valence-electron chi connectivity index (χ1n) is 32.2. The highest BCUT2D eigenvalue weighted by atomic mass is 19.4. The molecular weight excluding hydrogens is 1360 g/mol. The van der Waals surface area contributed by atoms with Gasteiger partial charge in [-0.25, -0.2) is 49.3 Å². The zero-order chi connectivity index (χ0) is 72.4. The molecule has 0 aliphatic carbocycles. The quantitative estimate of drug-likeness (QED) is 0.0436. The highest BCUT2D eigenvalue weighted by molar-refractivity contribution is 6.07. The largest absolute Gasteiger partial charge is 0.492 e. The van der Waals surface area contributed by atoms with Crippen LogP contribution in [0.4, 0.5) is 106 Å². The van der Waals surface area contributed by atoms with Crippen molar-refractivity contribution in [2.45, 2.75) is 95.1 Å². The van der Waals surface area contributed by atoms with Crippen LogP contribution in [0.5, 0.6) is 11.5 Å². The second-order valence-electron chi connectivity index (χ2n) is 24.7. The fraction of sp³-hybridized carbons (Fsp3) is 0.400. The number of nitrogens with one attached hydrogen (secondary N) is 5. The molecule has 3 saturated heterocycles. The number of oxazole rings is 1. The molecular formula is C65H65F9N18O10. The van der Waals surface area contributed by atoms with Crippen molar-refractivity contribution in [2.24, 2.45) is 5.92 Å². The molecule has 28 nitrogen and oxygen atoms in total. The van der Waals surface area contributed by atoms with E-state index in [1.165, 1.54) is 63.9 Å². The van der Waals surface area contributed by atoms with E-state index < -0.39 is 79.1 Å². The van der Waals surface area contributed by atoms with Gasteiger partial charge in [0.15, 0.2) is 35.4 Å². The Hall–Kier alpha value is -11.1. The van der Waals surface area contributed by atoms with Crippen molar-refractivity contribution in [3.8, 4) is 22.8 Å². The molecule has 7 aromatic rings. The number of fused-ring (bicyclic) bond motifs is 13. The van der Waals surface area contributed by atoms with E-state index in [0.717, 1.165) is 32.3 Å². The summed E-state index contributed by atoms with van der Waals surface area (Å²) in [7, 11) is 0. The Morgan fingerprint density at radius 3 is 1.67 bits per heavy atom. The van der Waals surface area contributed by atoms with Crippen molar-refractivity contribution in [3.63, 3.8) is 0 Å². The summed E-state index contributed by atoms with van der Waals surface area (Å²) in [5.74, 6) is -1.35. The third-order valence-electron chi connectivity index (χ3n) is 17.7. The molecule has 7 aliphatic rings. The summed E-state index contributed by atoms with van der Waals surface area (Å²) in [6.07, 6.45) is -3.21. The molecule has 538 valence electrons. The zero-order valence-electron chi connectivity index (χ0n) is 54.3. The number of amides is 8. The number of hydrogen-bond donors (Lipinski definition) is 6. The number of hydrogen-bond acceptors (Lipinski definition) is 20. The number of rotatable bonds is 14. The van der Waals surface area contributed by atoms with Crippen molar-refractivity contribution in [1.82, 2.24) is 45.5 Å². The van der Waals surface area contributed by atoms with Gasteiger partial charge in [-0.2, -0.15) is 39.5 Å². The number of nitrogens with zero attached hydrogens (tertiary/aromatic N) is 13. The van der Waals surface area contributed by atoms with Crippen LogP contribution in [0.1, 0.15) is 83.0 Å². The first-order valence-corrected chi connectivity index (χ1v) is 32.2. The fourth-order valence-corrected chi connectivity index (χ4v) is 12.5. The van der Waals surface area contributed by atoms with Gasteiger partial charge in [0.2, 0.25) is 0 Å². The maximum atomic E-state index is 13.4. The molecule has 37 heteroatoms. The summed E-state index contributed by atoms with van der Waals surface area (Å²) in [5.41, 5.74) is 3.01. The molecule has 14 heterocycles. The maximum Gasteiger partial charge on any atom is 0.408 e. The van der Waals surface area contributed by atoms with Gasteiger partial charge in [-0.1, -0.05) is 6.92 Å². The summed E-state index contributed by atoms with van der Waals surface area (Å²) in [4.78, 5) is 117. The predicted octanol–water partition coefficient (Wildman–Crippen LogP) is 9.42. The van der Waals surface area contributed by atoms with Gasteiger partial charge in [0.05, 0.1) is 66.7 Å². The van der Waals surface area contributed by atoms with Gasteiger partial charge in [-0.05, 0) is 105 Å². The lowest BCUT2D eigenvalue weighted by atomic mass is 10.0. The van der Waals surface area contributed by atoms with Crippen LogP contribution in [-0.4, -0.2) is 184 Å². The number of halogens is 9. The maximum absolute atomic E-state index is 13.4. The lowest BCUT2D eigenvalue weighted by molar-refractivity contribution is -0.168. The minimum atomic E-state index is -4.59. The first-order chi connectivity index (χ1) is 48.7. The lowest BCUT2D eigenvalue weighted by Crippen LogP contribution is -2.49. The zero-order valence-corrected chi connectivity index (χ0v) is 54.3. The van der Waals surface area contributed by atoms with E-state index in [2.05, 4.69) is 50.8 Å². The van der Waals surface area contributed by atoms with E-state index >= 15 is 0 Å². The molecule has 8 amide bonds. The Kier molecular flexibility index (Phi) is 20.2. The average Bonchev–Trinajstić information content (AvgIpc) is 1.66. The van der Waals surface area contributed by atoms with Gasteiger partial charge in [0.25, 0.3) is 11.8 Å². The molecule has 6 N–H and O–H groups in total. The fourth-order valence-electron chi connectivity index (χ4n) is 12.5. The van der Waals surface area contributed by atoms with Gasteiger partial charge in [-0.15, -0.1) is 0 Å². The van der Waals surface area contributed by atoms with Crippen LogP contribution >= 0.6 is 0 Å². The number of urea groups is 3. The smallest absolute Gasteiger partial charge is 0.408 e. The molecule has 5 atom stereocenters. The minimum Gasteiger partial charge on any atom is -0.492 e. The van der Waals surface area contributed by atoms with Crippen molar-refractivity contribution < 1.29 is 87.3 Å². The molecule has 7 aliphatic heterocycles. The van der Waals surface area contributed by atoms with Crippen LogP contribution in [0.2, 0.25) is 0 Å². The molecule has 6 bridgehead atoms. The van der Waals surface area contributed by atoms with Gasteiger partial charge in [0, 0.05) is 69.7 Å². The molecule has 0 unspecified atom stereocenters. The van der Waals surface area contributed by atoms with E-state index in [9.17, 15) is 68.3 Å². The Morgan fingerprint density at radius 1 is 0.627 bits per heavy atom. The monoisotopic (exact) mass is 1430 g/mol. The number of aliphatic hydroxyl groups is 1. The van der Waals surface area contributed by atoms with Crippen LogP contribution in [0, 0.1) is 5.92 Å². The molecule has 0 spiro atoms. The molecule has 102 heavy (non-hydrogen) atoms. The van der Waals surface area contributed by atoms with Gasteiger partial charge >= 0.3 is 36.6 Å². The molecule has 7 aromatic heterocycles. The molecule has 14 rings (SSSR count). The summed E-state index contributed by atoms with van der Waals surface area (Å²) in [5, 5.41) is 20.8. The second-order valence-corrected chi connectivity index (χ2v) is 24.7. The van der Waals surface area contributed by atoms with E-state index in [1.54, 1.807) is 48.7 Å². The Labute approximate surface area is 574 Å². The summed E-state index contributed by atoms with van der Waals surface area (Å²) >= 11 is 0. The van der Waals surface area contributed by atoms with Crippen LogP contribution in [0.15, 0.2) is 102 Å². The van der Waals surface area contributed by atoms with Gasteiger partial charge in [-0.3, -0.25) is 45.0 Å². The van der Waals surface area contributed by atoms with Crippen LogP contribution in [-0.2, 0) is 6.42 Å². The van der Waals surface area contributed by atoms with E-state index in [-0.39, 0.29) is 77.5 Å². The molecule has 0 saturated carbocycles. The predicted molar refractivity (Wildman–Crippen MR) is 349 cm³/mol. The van der Waals surface area contributed by atoms with Gasteiger partial charge < -0.3 is 44.3 Å². The number of Topliss-reactive ketones (excluding diaryl/α,β-unsaturated/α-hetero) is 1. The standard InChI is InChI=1S/C23H21F3N6O3.C21H23F3N6O4.C21H21F3N6O3/c1-13(23(24,25)26)8-18(33)16-2-3-17-21(29-16)32(15-5-7-31(17)11-15)22(34)30-20-9-14(4-6-28-20)19-10-27-12-35-19;1-12(21(22,23)24)26-19(32)15-2-3-16-18(27-15)30(13-5-7-29(16)11-13)20(33)28-17-10-14(4-6-25-17)34-9-8-31;22-21(23,24)11-26-19(31)14-3-4-15-18(27-14)30(13-5-6-29(15)10-13)20(32)28-17-8-12-2-1-7-33-16(12)9-25-17/h2-4,6,9-10,12-13,15H,5,7-8,11H2,1H3,(H,28,30,34);2-4,6,10,12-13,31H,5,7-9,11H2,1H3,(H,26,32)(H,25,28,33);3-4,8-9,13H,1-2,5-7,10-11H2,(H,26,31)(H,25,28,32)/t13-,15-;12-,13+;13-/m010/s1. The third kappa shape index (κ3) is 15.9. The normalized spacial score (nSPS) is 18.1. The number of pyridine rings is 6. The summed E-state index contributed by atoms with van der Waals surface area (Å²) < 4.78 is 131. The van der Waals surface area contributed by atoms with Crippen molar-refractivity contribution in [3.05, 3.63) is 121 Å². The Balaban J connectivity index is 0.000000145. The number of aromatic nitrogens is 7. The summed E-state index contributed by atoms with van der Waals surface area (Å²) in [6.45, 7) is 4.71. The SMILES string of the molecule is C[C@@H](CC(=O)c1ccc2c(n1)N(C(=O)Nc1cc(-c3cnco3)ccn1)[C@H]1CCN2C1)C(F)(F)F.C[C@@H](NC(=O)c1ccc2c(n1)N(C(=O)Nc1cc(OCCO)ccn1)[C@H]1CCN2C1)C(F)(F)F.O=C(NCC(F)(F)F)c1ccc2c(n1)N(C(=O)Nc1cc3c(cn1)OCCC3)[C@H]1CCN2C1. The van der Waals surface area contributed by atoms with Crippen molar-refractivity contribution >= 4 is 87.7 Å². The number of ether oxygens (including phenoxy) is 2. The van der Waals surface area contributed by atoms with E-state index in [1.807, 2.05) is 25.3 Å². The van der Waals surface area contributed by atoms with Crippen molar-refractivity contribution in [2.75, 3.05) is 111 Å². The second kappa shape index (κ2) is 29.2. The van der Waals surface area contributed by atoms with E-state index in [0.29, 0.717) is 111 Å². The Bertz CT molecular complexity index is 4310. The third-order valence-corrected chi connectivity index (χ3v) is 17.7. The lowest BCUT2D eigenvalue weighted by Gasteiger charge is -2.35. The van der Waals surface area contributed by atoms with E-state index in [4.69, 9.17) is 19.0 Å².